The van der Waals surface area contributed by atoms with Crippen molar-refractivity contribution in [2.45, 2.75) is 12.6 Å². The van der Waals surface area contributed by atoms with Gasteiger partial charge in [-0.15, -0.1) is 11.3 Å². The Labute approximate surface area is 147 Å². The van der Waals surface area contributed by atoms with Gasteiger partial charge in [-0.1, -0.05) is 6.07 Å². The molecular weight excluding hydrogens is 326 g/mol. The second kappa shape index (κ2) is 10.3. The molecule has 0 saturated carbocycles. The van der Waals surface area contributed by atoms with Gasteiger partial charge in [0.15, 0.2) is 0 Å². The first-order valence-corrected chi connectivity index (χ1v) is 8.78. The maximum Gasteiger partial charge on any atom is 0.119 e. The number of hydrogen-bond acceptors (Lipinski definition) is 6. The minimum atomic E-state index is -0.566. The summed E-state index contributed by atoms with van der Waals surface area (Å²) < 4.78 is 15.9. The van der Waals surface area contributed by atoms with Crippen molar-refractivity contribution in [3.63, 3.8) is 0 Å². The third kappa shape index (κ3) is 6.49. The number of nitrogens with zero attached hydrogens (tertiary/aromatic N) is 1. The van der Waals surface area contributed by atoms with Crippen LogP contribution in [0.2, 0.25) is 0 Å². The zero-order chi connectivity index (χ0) is 17.2. The van der Waals surface area contributed by atoms with Gasteiger partial charge >= 0.3 is 0 Å². The lowest BCUT2D eigenvalue weighted by molar-refractivity contribution is 0.0546. The second-order valence-electron chi connectivity index (χ2n) is 5.45. The molecule has 2 aromatic rings. The van der Waals surface area contributed by atoms with Gasteiger partial charge in [-0.05, 0) is 35.7 Å². The van der Waals surface area contributed by atoms with Gasteiger partial charge in [-0.3, -0.25) is 4.90 Å². The molecule has 6 heteroatoms. The van der Waals surface area contributed by atoms with Gasteiger partial charge < -0.3 is 19.3 Å². The summed E-state index contributed by atoms with van der Waals surface area (Å²) in [5.41, 5.74) is 0. The molecule has 2 rings (SSSR count). The molecule has 24 heavy (non-hydrogen) atoms. The summed E-state index contributed by atoms with van der Waals surface area (Å²) >= 11 is 1.72. The van der Waals surface area contributed by atoms with E-state index in [1.807, 2.05) is 30.3 Å². The Morgan fingerprint density at radius 2 is 1.88 bits per heavy atom. The van der Waals surface area contributed by atoms with Crippen LogP contribution in [0.15, 0.2) is 41.8 Å². The quantitative estimate of drug-likeness (QED) is 0.674. The average Bonchev–Trinajstić information content (AvgIpc) is 3.11. The van der Waals surface area contributed by atoms with Crippen molar-refractivity contribution in [3.05, 3.63) is 46.7 Å². The van der Waals surface area contributed by atoms with Crippen molar-refractivity contribution in [1.82, 2.24) is 4.90 Å². The molecule has 1 aromatic carbocycles. The molecule has 1 atom stereocenters. The summed E-state index contributed by atoms with van der Waals surface area (Å²) in [5, 5.41) is 12.3. The van der Waals surface area contributed by atoms with Crippen LogP contribution < -0.4 is 9.47 Å². The van der Waals surface area contributed by atoms with Crippen molar-refractivity contribution in [3.8, 4) is 11.5 Å². The van der Waals surface area contributed by atoms with Gasteiger partial charge in [-0.2, -0.15) is 0 Å². The molecule has 0 fully saturated rings. The van der Waals surface area contributed by atoms with Gasteiger partial charge in [0, 0.05) is 31.6 Å². The monoisotopic (exact) mass is 351 g/mol. The highest BCUT2D eigenvalue weighted by molar-refractivity contribution is 7.09. The van der Waals surface area contributed by atoms with Crippen molar-refractivity contribution >= 4 is 11.3 Å². The van der Waals surface area contributed by atoms with Crippen molar-refractivity contribution in [1.29, 1.82) is 0 Å². The summed E-state index contributed by atoms with van der Waals surface area (Å²) in [6.07, 6.45) is -0.566. The van der Waals surface area contributed by atoms with Crippen LogP contribution in [0.4, 0.5) is 0 Å². The third-order valence-corrected chi connectivity index (χ3v) is 4.40. The summed E-state index contributed by atoms with van der Waals surface area (Å²) in [4.78, 5) is 3.45. The number of rotatable bonds is 11. The van der Waals surface area contributed by atoms with Crippen molar-refractivity contribution in [2.75, 3.05) is 40.5 Å². The minimum absolute atomic E-state index is 0.250. The van der Waals surface area contributed by atoms with Gasteiger partial charge in [0.1, 0.15) is 24.2 Å². The molecule has 132 valence electrons. The Kier molecular flexibility index (Phi) is 8.04. The van der Waals surface area contributed by atoms with Crippen molar-refractivity contribution < 1.29 is 19.3 Å². The maximum atomic E-state index is 10.3. The van der Waals surface area contributed by atoms with Gasteiger partial charge in [-0.25, -0.2) is 0 Å². The number of ether oxygens (including phenoxy) is 3. The number of aliphatic hydroxyl groups is 1. The Hall–Kier alpha value is -1.60. The normalized spacial score (nSPS) is 12.3. The predicted molar refractivity (Wildman–Crippen MR) is 96.0 cm³/mol. The highest BCUT2D eigenvalue weighted by Gasteiger charge is 2.13. The first kappa shape index (κ1) is 18.7. The van der Waals surface area contributed by atoms with Crippen LogP contribution in [0.25, 0.3) is 0 Å². The van der Waals surface area contributed by atoms with Crippen LogP contribution in [0.5, 0.6) is 11.5 Å². The highest BCUT2D eigenvalue weighted by Crippen LogP contribution is 2.17. The first-order valence-electron chi connectivity index (χ1n) is 7.90. The molecule has 1 heterocycles. The molecule has 0 bridgehead atoms. The van der Waals surface area contributed by atoms with Crippen molar-refractivity contribution in [2.24, 2.45) is 0 Å². The fraction of sp³-hybridized carbons (Fsp3) is 0.444. The molecule has 0 amide bonds. The third-order valence-electron chi connectivity index (χ3n) is 3.54. The Balaban J connectivity index is 1.80. The van der Waals surface area contributed by atoms with Crippen LogP contribution in [0.3, 0.4) is 0 Å². The number of thiophene rings is 1. The summed E-state index contributed by atoms with van der Waals surface area (Å²) in [7, 11) is 3.31. The smallest absolute Gasteiger partial charge is 0.119 e. The van der Waals surface area contributed by atoms with Gasteiger partial charge in [0.05, 0.1) is 13.7 Å². The summed E-state index contributed by atoms with van der Waals surface area (Å²) in [6, 6.07) is 11.5. The van der Waals surface area contributed by atoms with Gasteiger partial charge in [0.25, 0.3) is 0 Å². The molecule has 1 N–H and O–H groups in total. The van der Waals surface area contributed by atoms with E-state index in [9.17, 15) is 5.11 Å². The SMILES string of the molecule is COCCN(Cc1cccs1)C[C@@H](O)COc1ccc(OC)cc1. The molecule has 1 aromatic heterocycles. The molecule has 0 spiro atoms. The molecule has 0 saturated heterocycles. The topological polar surface area (TPSA) is 51.2 Å². The lowest BCUT2D eigenvalue weighted by atomic mass is 10.3. The number of aliphatic hydroxyl groups excluding tert-OH is 1. The van der Waals surface area contributed by atoms with Crippen LogP contribution >= 0.6 is 11.3 Å². The average molecular weight is 351 g/mol. The van der Waals surface area contributed by atoms with Gasteiger partial charge in [0.2, 0.25) is 0 Å². The number of methoxy groups -OCH3 is 2. The van der Waals surface area contributed by atoms with Crippen LogP contribution in [0.1, 0.15) is 4.88 Å². The Bertz CT molecular complexity index is 559. The largest absolute Gasteiger partial charge is 0.497 e. The van der Waals surface area contributed by atoms with Crippen LogP contribution in [0, 0.1) is 0 Å². The van der Waals surface area contributed by atoms with E-state index in [4.69, 9.17) is 14.2 Å². The van der Waals surface area contributed by atoms with E-state index in [-0.39, 0.29) is 6.61 Å². The maximum absolute atomic E-state index is 10.3. The highest BCUT2D eigenvalue weighted by atomic mass is 32.1. The van der Waals surface area contributed by atoms with E-state index in [1.165, 1.54) is 4.88 Å². The van der Waals surface area contributed by atoms with E-state index in [0.717, 1.165) is 24.6 Å². The second-order valence-corrected chi connectivity index (χ2v) is 6.48. The minimum Gasteiger partial charge on any atom is -0.497 e. The summed E-state index contributed by atoms with van der Waals surface area (Å²) in [6.45, 7) is 3.00. The zero-order valence-corrected chi connectivity index (χ0v) is 15.0. The molecule has 0 aliphatic carbocycles. The fourth-order valence-corrected chi connectivity index (χ4v) is 3.04. The molecule has 0 aliphatic rings. The lowest BCUT2D eigenvalue weighted by Gasteiger charge is -2.24. The molecule has 0 unspecified atom stereocenters. The predicted octanol–water partition coefficient (Wildman–Crippen LogP) is 2.65. The van der Waals surface area contributed by atoms with E-state index in [0.29, 0.717) is 13.2 Å². The molecule has 5 nitrogen and oxygen atoms in total. The Morgan fingerprint density at radius 3 is 2.50 bits per heavy atom. The zero-order valence-electron chi connectivity index (χ0n) is 14.2. The van der Waals surface area contributed by atoms with Crippen LogP contribution in [-0.2, 0) is 11.3 Å². The molecule has 0 radical (unpaired) electrons. The summed E-state index contributed by atoms with van der Waals surface area (Å²) in [5.74, 6) is 1.50. The van der Waals surface area contributed by atoms with E-state index >= 15 is 0 Å². The number of hydrogen-bond donors (Lipinski definition) is 1. The fourth-order valence-electron chi connectivity index (χ4n) is 2.29. The number of benzene rings is 1. The first-order chi connectivity index (χ1) is 11.7. The molecule has 0 aliphatic heterocycles. The molecular formula is C18H25NO4S. The Morgan fingerprint density at radius 1 is 1.12 bits per heavy atom. The van der Waals surface area contributed by atoms with E-state index < -0.39 is 6.10 Å². The van der Waals surface area contributed by atoms with E-state index in [2.05, 4.69) is 16.3 Å². The lowest BCUT2D eigenvalue weighted by Crippen LogP contribution is -2.37. The van der Waals surface area contributed by atoms with Crippen LogP contribution in [-0.4, -0.2) is 56.6 Å². The standard InChI is InChI=1S/C18H25NO4S/c1-21-10-9-19(13-18-4-3-11-24-18)12-15(20)14-23-17-7-5-16(22-2)6-8-17/h3-8,11,15,20H,9-10,12-14H2,1-2H3/t15-/m1/s1. The van der Waals surface area contributed by atoms with E-state index in [1.54, 1.807) is 25.6 Å².